The summed E-state index contributed by atoms with van der Waals surface area (Å²) in [6.45, 7) is 8.47. The van der Waals surface area contributed by atoms with E-state index in [0.29, 0.717) is 13.0 Å². The zero-order valence-corrected chi connectivity index (χ0v) is 11.8. The molecular weight excluding hydrogens is 234 g/mol. The lowest BCUT2D eigenvalue weighted by atomic mass is 10.1. The van der Waals surface area contributed by atoms with Crippen molar-refractivity contribution in [1.29, 1.82) is 0 Å². The van der Waals surface area contributed by atoms with E-state index in [2.05, 4.69) is 10.3 Å². The van der Waals surface area contributed by atoms with Gasteiger partial charge in [0.25, 0.3) is 0 Å². The maximum Gasteiger partial charge on any atom is 0.225 e. The highest BCUT2D eigenvalue weighted by atomic mass is 32.1. The zero-order valence-electron chi connectivity index (χ0n) is 11.0. The van der Waals surface area contributed by atoms with Gasteiger partial charge in [-0.05, 0) is 34.2 Å². The quantitative estimate of drug-likeness (QED) is 0.854. The van der Waals surface area contributed by atoms with Crippen LogP contribution >= 0.6 is 11.3 Å². The molecule has 17 heavy (non-hydrogen) atoms. The number of amides is 1. The molecule has 0 spiro atoms. The van der Waals surface area contributed by atoms with Crippen LogP contribution in [0.25, 0.3) is 0 Å². The summed E-state index contributed by atoms with van der Waals surface area (Å²) in [5, 5.41) is 3.97. The first-order chi connectivity index (χ1) is 7.81. The topological polar surface area (TPSA) is 68.0 Å². The van der Waals surface area contributed by atoms with Crippen LogP contribution in [0.5, 0.6) is 0 Å². The molecule has 0 aliphatic heterocycles. The van der Waals surface area contributed by atoms with Crippen molar-refractivity contribution in [2.24, 2.45) is 5.73 Å². The van der Waals surface area contributed by atoms with Crippen LogP contribution in [0.1, 0.15) is 36.3 Å². The van der Waals surface area contributed by atoms with Crippen molar-refractivity contribution in [3.63, 3.8) is 0 Å². The number of rotatable bonds is 4. The minimum Gasteiger partial charge on any atom is -0.351 e. The molecule has 0 aromatic carbocycles. The highest BCUT2D eigenvalue weighted by Gasteiger charge is 2.16. The molecule has 1 rings (SSSR count). The summed E-state index contributed by atoms with van der Waals surface area (Å²) < 4.78 is 0. The number of carbonyl (C=O) groups is 1. The molecule has 1 aromatic heterocycles. The van der Waals surface area contributed by atoms with Crippen molar-refractivity contribution in [1.82, 2.24) is 10.3 Å². The van der Waals surface area contributed by atoms with Crippen molar-refractivity contribution in [3.8, 4) is 0 Å². The molecule has 1 amide bonds. The Labute approximate surface area is 107 Å². The molecule has 0 atom stereocenters. The first-order valence-electron chi connectivity index (χ1n) is 5.78. The van der Waals surface area contributed by atoms with Gasteiger partial charge in [-0.2, -0.15) is 0 Å². The summed E-state index contributed by atoms with van der Waals surface area (Å²) in [6, 6.07) is 0. The monoisotopic (exact) mass is 255 g/mol. The van der Waals surface area contributed by atoms with E-state index < -0.39 is 0 Å². The standard InChI is InChI=1S/C12H21N3OS/c1-8-9(17-11(14-8)5-6-13)7-10(16)15-12(2,3)4/h5-7,13H2,1-4H3,(H,15,16). The Kier molecular flexibility index (Phi) is 4.65. The minimum absolute atomic E-state index is 0.0450. The molecule has 0 saturated heterocycles. The Morgan fingerprint density at radius 3 is 2.65 bits per heavy atom. The predicted molar refractivity (Wildman–Crippen MR) is 71.2 cm³/mol. The second kappa shape index (κ2) is 5.60. The molecule has 4 nitrogen and oxygen atoms in total. The van der Waals surface area contributed by atoms with Crippen LogP contribution in [0.4, 0.5) is 0 Å². The Hall–Kier alpha value is -0.940. The van der Waals surface area contributed by atoms with Gasteiger partial charge in [-0.1, -0.05) is 0 Å². The lowest BCUT2D eigenvalue weighted by molar-refractivity contribution is -0.121. The summed E-state index contributed by atoms with van der Waals surface area (Å²) in [6.07, 6.45) is 1.19. The Bertz CT molecular complexity index is 393. The van der Waals surface area contributed by atoms with Crippen LogP contribution in [-0.2, 0) is 17.6 Å². The highest BCUT2D eigenvalue weighted by molar-refractivity contribution is 7.11. The van der Waals surface area contributed by atoms with Crippen LogP contribution in [0.3, 0.4) is 0 Å². The van der Waals surface area contributed by atoms with E-state index in [0.717, 1.165) is 22.0 Å². The number of hydrogen-bond donors (Lipinski definition) is 2. The number of thiazole rings is 1. The summed E-state index contributed by atoms with van der Waals surface area (Å²) in [5.41, 5.74) is 6.25. The Balaban J connectivity index is 2.65. The fourth-order valence-electron chi connectivity index (χ4n) is 1.49. The fraction of sp³-hybridized carbons (Fsp3) is 0.667. The van der Waals surface area contributed by atoms with Crippen LogP contribution < -0.4 is 11.1 Å². The third kappa shape index (κ3) is 4.83. The van der Waals surface area contributed by atoms with Crippen molar-refractivity contribution in [2.75, 3.05) is 6.54 Å². The average Bonchev–Trinajstić information content (AvgIpc) is 2.44. The summed E-state index contributed by atoms with van der Waals surface area (Å²) in [4.78, 5) is 17.2. The molecule has 96 valence electrons. The van der Waals surface area contributed by atoms with E-state index in [-0.39, 0.29) is 11.4 Å². The number of carbonyl (C=O) groups excluding carboxylic acids is 1. The Morgan fingerprint density at radius 1 is 1.47 bits per heavy atom. The summed E-state index contributed by atoms with van der Waals surface area (Å²) in [7, 11) is 0. The van der Waals surface area contributed by atoms with E-state index in [1.165, 1.54) is 0 Å². The number of nitrogens with zero attached hydrogens (tertiary/aromatic N) is 1. The van der Waals surface area contributed by atoms with E-state index in [4.69, 9.17) is 5.73 Å². The van der Waals surface area contributed by atoms with Gasteiger partial charge in [-0.25, -0.2) is 4.98 Å². The average molecular weight is 255 g/mol. The van der Waals surface area contributed by atoms with Crippen molar-refractivity contribution < 1.29 is 4.79 Å². The van der Waals surface area contributed by atoms with Crippen LogP contribution in [0.2, 0.25) is 0 Å². The Morgan fingerprint density at radius 2 is 2.12 bits per heavy atom. The number of aromatic nitrogens is 1. The molecule has 0 fully saturated rings. The lowest BCUT2D eigenvalue weighted by Gasteiger charge is -2.20. The molecule has 0 saturated carbocycles. The van der Waals surface area contributed by atoms with Gasteiger partial charge in [0, 0.05) is 16.8 Å². The zero-order chi connectivity index (χ0) is 13.1. The smallest absolute Gasteiger partial charge is 0.225 e. The maximum absolute atomic E-state index is 11.8. The third-order valence-corrected chi connectivity index (χ3v) is 3.35. The minimum atomic E-state index is -0.185. The second-order valence-electron chi connectivity index (χ2n) is 5.13. The SMILES string of the molecule is Cc1nc(CCN)sc1CC(=O)NC(C)(C)C. The summed E-state index contributed by atoms with van der Waals surface area (Å²) in [5.74, 6) is 0.0450. The molecule has 0 radical (unpaired) electrons. The largest absolute Gasteiger partial charge is 0.351 e. The van der Waals surface area contributed by atoms with E-state index in [9.17, 15) is 4.79 Å². The molecule has 1 heterocycles. The first kappa shape index (κ1) is 14.1. The van der Waals surface area contributed by atoms with Gasteiger partial charge in [0.15, 0.2) is 0 Å². The van der Waals surface area contributed by atoms with Crippen LogP contribution in [0.15, 0.2) is 0 Å². The van der Waals surface area contributed by atoms with Gasteiger partial charge in [-0.15, -0.1) is 11.3 Å². The van der Waals surface area contributed by atoms with Crippen molar-refractivity contribution in [2.45, 2.75) is 46.1 Å². The van der Waals surface area contributed by atoms with Gasteiger partial charge in [0.1, 0.15) is 0 Å². The van der Waals surface area contributed by atoms with Crippen LogP contribution in [0, 0.1) is 6.92 Å². The number of aryl methyl sites for hydroxylation is 1. The highest BCUT2D eigenvalue weighted by Crippen LogP contribution is 2.19. The first-order valence-corrected chi connectivity index (χ1v) is 6.59. The van der Waals surface area contributed by atoms with Crippen molar-refractivity contribution >= 4 is 17.2 Å². The van der Waals surface area contributed by atoms with E-state index in [1.54, 1.807) is 11.3 Å². The van der Waals surface area contributed by atoms with Gasteiger partial charge >= 0.3 is 0 Å². The molecule has 0 aliphatic carbocycles. The maximum atomic E-state index is 11.8. The van der Waals surface area contributed by atoms with E-state index in [1.807, 2.05) is 27.7 Å². The summed E-state index contributed by atoms with van der Waals surface area (Å²) >= 11 is 1.59. The molecule has 3 N–H and O–H groups in total. The van der Waals surface area contributed by atoms with Crippen molar-refractivity contribution in [3.05, 3.63) is 15.6 Å². The number of hydrogen-bond acceptors (Lipinski definition) is 4. The fourth-order valence-corrected chi connectivity index (χ4v) is 2.57. The van der Waals surface area contributed by atoms with Gasteiger partial charge in [-0.3, -0.25) is 4.79 Å². The lowest BCUT2D eigenvalue weighted by Crippen LogP contribution is -2.41. The molecule has 0 unspecified atom stereocenters. The van der Waals surface area contributed by atoms with E-state index >= 15 is 0 Å². The van der Waals surface area contributed by atoms with Gasteiger partial charge in [0.05, 0.1) is 17.1 Å². The third-order valence-electron chi connectivity index (χ3n) is 2.13. The van der Waals surface area contributed by atoms with Gasteiger partial charge < -0.3 is 11.1 Å². The molecule has 0 aliphatic rings. The van der Waals surface area contributed by atoms with Crippen LogP contribution in [-0.4, -0.2) is 23.0 Å². The van der Waals surface area contributed by atoms with Gasteiger partial charge in [0.2, 0.25) is 5.91 Å². The number of nitrogens with one attached hydrogen (secondary N) is 1. The molecule has 5 heteroatoms. The normalized spacial score (nSPS) is 11.6. The molecule has 1 aromatic rings. The second-order valence-corrected chi connectivity index (χ2v) is 6.30. The number of nitrogens with two attached hydrogens (primary N) is 1. The molecule has 0 bridgehead atoms. The predicted octanol–water partition coefficient (Wildman–Crippen LogP) is 1.41. The molecular formula is C12H21N3OS.